The number of para-hydroxylation sites is 1. The van der Waals surface area contributed by atoms with Crippen LogP contribution < -0.4 is 4.74 Å². The third-order valence-corrected chi connectivity index (χ3v) is 4.60. The number of ether oxygens (including phenoxy) is 1. The molecule has 0 atom stereocenters. The van der Waals surface area contributed by atoms with Crippen LogP contribution in [-0.4, -0.2) is 24.1 Å². The van der Waals surface area contributed by atoms with Gasteiger partial charge in [-0.15, -0.1) is 0 Å². The maximum absolute atomic E-state index is 12.3. The number of rotatable bonds is 1. The van der Waals surface area contributed by atoms with Gasteiger partial charge in [0.1, 0.15) is 16.9 Å². The van der Waals surface area contributed by atoms with Crippen LogP contribution in [0.4, 0.5) is 4.79 Å². The summed E-state index contributed by atoms with van der Waals surface area (Å²) in [6, 6.07) is 13.4. The Morgan fingerprint density at radius 2 is 1.83 bits per heavy atom. The molecule has 0 spiro atoms. The Labute approximate surface area is 134 Å². The minimum absolute atomic E-state index is 0.260. The average molecular weight is 309 g/mol. The molecule has 1 aromatic heterocycles. The molecule has 0 radical (unpaired) electrons. The van der Waals surface area contributed by atoms with Crippen LogP contribution >= 0.6 is 0 Å². The third-order valence-electron chi connectivity index (χ3n) is 4.60. The largest absolute Gasteiger partial charge is 0.456 e. The van der Waals surface area contributed by atoms with Crippen LogP contribution in [0.5, 0.6) is 5.75 Å². The Morgan fingerprint density at radius 3 is 2.65 bits per heavy atom. The topological polar surface area (TPSA) is 42.7 Å². The van der Waals surface area contributed by atoms with Crippen molar-refractivity contribution in [1.29, 1.82) is 0 Å². The second kappa shape index (κ2) is 5.61. The van der Waals surface area contributed by atoms with Gasteiger partial charge in [0.05, 0.1) is 0 Å². The van der Waals surface area contributed by atoms with Gasteiger partial charge >= 0.3 is 6.09 Å². The molecule has 4 nitrogen and oxygen atoms in total. The third kappa shape index (κ3) is 2.65. The van der Waals surface area contributed by atoms with Gasteiger partial charge in [-0.25, -0.2) is 4.79 Å². The van der Waals surface area contributed by atoms with E-state index in [1.54, 1.807) is 11.0 Å². The van der Waals surface area contributed by atoms with E-state index >= 15 is 0 Å². The van der Waals surface area contributed by atoms with Crippen molar-refractivity contribution in [3.63, 3.8) is 0 Å². The summed E-state index contributed by atoms with van der Waals surface area (Å²) in [5, 5.41) is 2.00. The van der Waals surface area contributed by atoms with Crippen molar-refractivity contribution in [3.05, 3.63) is 42.5 Å². The molecular formula is C19H19NO3. The van der Waals surface area contributed by atoms with Crippen LogP contribution in [0.15, 0.2) is 46.9 Å². The fourth-order valence-corrected chi connectivity index (χ4v) is 3.13. The van der Waals surface area contributed by atoms with Crippen LogP contribution in [0.1, 0.15) is 19.8 Å². The number of fused-ring (bicyclic) bond motifs is 3. The number of likely N-dealkylation sites (tertiary alicyclic amines) is 1. The lowest BCUT2D eigenvalue weighted by molar-refractivity contribution is 0.133. The number of hydrogen-bond acceptors (Lipinski definition) is 3. The van der Waals surface area contributed by atoms with Crippen molar-refractivity contribution in [3.8, 4) is 5.75 Å². The molecule has 2 aromatic carbocycles. The quantitative estimate of drug-likeness (QED) is 0.647. The molecule has 118 valence electrons. The van der Waals surface area contributed by atoms with Crippen molar-refractivity contribution in [1.82, 2.24) is 4.90 Å². The lowest BCUT2D eigenvalue weighted by Crippen LogP contribution is -2.39. The number of furan rings is 1. The second-order valence-electron chi connectivity index (χ2n) is 6.29. The van der Waals surface area contributed by atoms with Crippen LogP contribution in [0, 0.1) is 5.92 Å². The van der Waals surface area contributed by atoms with Crippen LogP contribution in [0.2, 0.25) is 0 Å². The Hall–Kier alpha value is -2.49. The molecule has 23 heavy (non-hydrogen) atoms. The summed E-state index contributed by atoms with van der Waals surface area (Å²) >= 11 is 0. The Bertz CT molecular complexity index is 859. The van der Waals surface area contributed by atoms with Crippen LogP contribution in [0.3, 0.4) is 0 Å². The smallest absolute Gasteiger partial charge is 0.415 e. The molecular weight excluding hydrogens is 290 g/mol. The normalized spacial score (nSPS) is 16.1. The van der Waals surface area contributed by atoms with Crippen molar-refractivity contribution in [2.45, 2.75) is 19.8 Å². The van der Waals surface area contributed by atoms with Gasteiger partial charge < -0.3 is 14.1 Å². The minimum Gasteiger partial charge on any atom is -0.456 e. The summed E-state index contributed by atoms with van der Waals surface area (Å²) in [5.74, 6) is 1.25. The van der Waals surface area contributed by atoms with Crippen LogP contribution in [0.25, 0.3) is 21.9 Å². The van der Waals surface area contributed by atoms with Crippen molar-refractivity contribution < 1.29 is 13.9 Å². The Kier molecular flexibility index (Phi) is 3.45. The maximum Gasteiger partial charge on any atom is 0.415 e. The van der Waals surface area contributed by atoms with E-state index in [2.05, 4.69) is 6.92 Å². The first kappa shape index (κ1) is 14.1. The van der Waals surface area contributed by atoms with E-state index in [0.29, 0.717) is 11.7 Å². The predicted octanol–water partition coefficient (Wildman–Crippen LogP) is 4.82. The van der Waals surface area contributed by atoms with E-state index in [9.17, 15) is 4.79 Å². The van der Waals surface area contributed by atoms with Crippen LogP contribution in [-0.2, 0) is 0 Å². The summed E-state index contributed by atoms with van der Waals surface area (Å²) in [5.41, 5.74) is 1.65. The zero-order valence-corrected chi connectivity index (χ0v) is 13.1. The first-order valence-electron chi connectivity index (χ1n) is 8.09. The van der Waals surface area contributed by atoms with Gasteiger partial charge in [-0.2, -0.15) is 0 Å². The molecule has 1 amide bonds. The predicted molar refractivity (Wildman–Crippen MR) is 89.7 cm³/mol. The SMILES string of the molecule is CC1CCN(C(=O)Oc2ccc3oc4ccccc4c3c2)CC1. The van der Waals surface area contributed by atoms with E-state index in [1.807, 2.05) is 36.4 Å². The van der Waals surface area contributed by atoms with Gasteiger partial charge in [0.15, 0.2) is 0 Å². The monoisotopic (exact) mass is 309 g/mol. The number of piperidine rings is 1. The Morgan fingerprint density at radius 1 is 1.09 bits per heavy atom. The average Bonchev–Trinajstić information content (AvgIpc) is 2.93. The molecule has 1 fully saturated rings. The zero-order valence-electron chi connectivity index (χ0n) is 13.1. The first-order chi connectivity index (χ1) is 11.2. The van der Waals surface area contributed by atoms with E-state index in [4.69, 9.17) is 9.15 Å². The molecule has 0 saturated carbocycles. The van der Waals surface area contributed by atoms with E-state index < -0.39 is 0 Å². The number of carbonyl (C=O) groups is 1. The molecule has 0 aliphatic carbocycles. The first-order valence-corrected chi connectivity index (χ1v) is 8.09. The molecule has 4 rings (SSSR count). The molecule has 4 heteroatoms. The molecule has 1 aliphatic rings. The molecule has 3 aromatic rings. The fourth-order valence-electron chi connectivity index (χ4n) is 3.13. The van der Waals surface area contributed by atoms with Gasteiger partial charge in [-0.05, 0) is 43.0 Å². The highest BCUT2D eigenvalue weighted by Gasteiger charge is 2.22. The summed E-state index contributed by atoms with van der Waals surface area (Å²) in [4.78, 5) is 14.1. The van der Waals surface area contributed by atoms with Crippen molar-refractivity contribution >= 4 is 28.0 Å². The number of benzene rings is 2. The number of carbonyl (C=O) groups excluding carboxylic acids is 1. The standard InChI is InChI=1S/C19H19NO3/c1-13-8-10-20(11-9-13)19(21)22-14-6-7-18-16(12-14)15-4-2-3-5-17(15)23-18/h2-7,12-13H,8-11H2,1H3. The fraction of sp³-hybridized carbons (Fsp3) is 0.316. The van der Waals surface area contributed by atoms with E-state index in [1.165, 1.54) is 0 Å². The number of nitrogens with zero attached hydrogens (tertiary/aromatic N) is 1. The maximum atomic E-state index is 12.3. The molecule has 0 unspecified atom stereocenters. The molecule has 2 heterocycles. The zero-order chi connectivity index (χ0) is 15.8. The van der Waals surface area contributed by atoms with Crippen molar-refractivity contribution in [2.24, 2.45) is 5.92 Å². The van der Waals surface area contributed by atoms with Gasteiger partial charge in [-0.3, -0.25) is 0 Å². The lowest BCUT2D eigenvalue weighted by atomic mass is 10.00. The lowest BCUT2D eigenvalue weighted by Gasteiger charge is -2.29. The van der Waals surface area contributed by atoms with Gasteiger partial charge in [0.25, 0.3) is 0 Å². The highest BCUT2D eigenvalue weighted by Crippen LogP contribution is 2.31. The summed E-state index contributed by atoms with van der Waals surface area (Å²) < 4.78 is 11.4. The van der Waals surface area contributed by atoms with Crippen molar-refractivity contribution in [2.75, 3.05) is 13.1 Å². The van der Waals surface area contributed by atoms with E-state index in [-0.39, 0.29) is 6.09 Å². The summed E-state index contributed by atoms with van der Waals surface area (Å²) in [6.07, 6.45) is 1.82. The minimum atomic E-state index is -0.260. The van der Waals surface area contributed by atoms with Gasteiger partial charge in [-0.1, -0.05) is 25.1 Å². The number of hydrogen-bond donors (Lipinski definition) is 0. The second-order valence-corrected chi connectivity index (χ2v) is 6.29. The Balaban J connectivity index is 1.59. The summed E-state index contributed by atoms with van der Waals surface area (Å²) in [7, 11) is 0. The van der Waals surface area contributed by atoms with Gasteiger partial charge in [0.2, 0.25) is 0 Å². The molecule has 0 N–H and O–H groups in total. The molecule has 1 aliphatic heterocycles. The highest BCUT2D eigenvalue weighted by atomic mass is 16.6. The molecule has 1 saturated heterocycles. The van der Waals surface area contributed by atoms with Gasteiger partial charge in [0, 0.05) is 23.9 Å². The highest BCUT2D eigenvalue weighted by molar-refractivity contribution is 6.05. The molecule has 0 bridgehead atoms. The number of amides is 1. The summed E-state index contributed by atoms with van der Waals surface area (Å²) in [6.45, 7) is 3.77. The van der Waals surface area contributed by atoms with E-state index in [0.717, 1.165) is 47.9 Å².